The number of nitrogens with one attached hydrogen (secondary N) is 1. The van der Waals surface area contributed by atoms with Crippen molar-refractivity contribution in [3.05, 3.63) is 54.2 Å². The number of halogens is 1. The molecule has 0 unspecified atom stereocenters. The number of hydrogen-bond donors (Lipinski definition) is 0. The molecule has 0 spiro atoms. The van der Waals surface area contributed by atoms with Crippen molar-refractivity contribution < 1.29 is 33.4 Å². The number of aryl methyl sites for hydroxylation is 1. The molecule has 0 aliphatic heterocycles. The lowest BCUT2D eigenvalue weighted by Crippen LogP contribution is -3.00. The Hall–Kier alpha value is -1.88. The highest BCUT2D eigenvalue weighted by Crippen LogP contribution is 2.41. The largest absolute Gasteiger partial charge is 1.00 e. The molecule has 5 rings (SSSR count). The fourth-order valence-electron chi connectivity index (χ4n) is 3.45. The molecule has 0 atom stereocenters. The molecule has 0 bridgehead atoms. The minimum Gasteiger partial charge on any atom is -1.00 e. The van der Waals surface area contributed by atoms with Gasteiger partial charge in [0.05, 0.1) is 5.39 Å². The smallest absolute Gasteiger partial charge is 0.223 e. The van der Waals surface area contributed by atoms with E-state index in [-0.39, 0.29) is 24.0 Å². The van der Waals surface area contributed by atoms with E-state index in [0.29, 0.717) is 0 Å². The Balaban J connectivity index is 0.00000115. The minimum atomic E-state index is 0. The number of pyridine rings is 1. The standard InChI is InChI=1S/C18H11NO.HI/c1-10-4-2-5-11-12-6-3-7-13-16(12)17-14(20-13)8-9-19-18(17)15(10)11;/h2-9H,1H3;1H. The Morgan fingerprint density at radius 3 is 2.38 bits per heavy atom. The van der Waals surface area contributed by atoms with Gasteiger partial charge in [-0.3, -0.25) is 0 Å². The van der Waals surface area contributed by atoms with E-state index < -0.39 is 0 Å². The minimum absolute atomic E-state index is 0. The van der Waals surface area contributed by atoms with Crippen molar-refractivity contribution in [2.24, 2.45) is 0 Å². The molecular weight excluding hydrogens is 373 g/mol. The van der Waals surface area contributed by atoms with Crippen LogP contribution in [-0.2, 0) is 0 Å². The Labute approximate surface area is 138 Å². The molecule has 0 amide bonds. The van der Waals surface area contributed by atoms with E-state index in [9.17, 15) is 0 Å². The van der Waals surface area contributed by atoms with Crippen molar-refractivity contribution >= 4 is 43.6 Å². The highest BCUT2D eigenvalue weighted by atomic mass is 127. The second-order valence-corrected chi connectivity index (χ2v) is 5.37. The summed E-state index contributed by atoms with van der Waals surface area (Å²) in [6.07, 6.45) is 1.96. The first-order chi connectivity index (χ1) is 9.84. The van der Waals surface area contributed by atoms with Gasteiger partial charge < -0.3 is 28.4 Å². The van der Waals surface area contributed by atoms with Crippen molar-refractivity contribution in [1.29, 1.82) is 0 Å². The Morgan fingerprint density at radius 2 is 1.52 bits per heavy atom. The highest BCUT2D eigenvalue weighted by molar-refractivity contribution is 6.31. The van der Waals surface area contributed by atoms with Gasteiger partial charge in [0.25, 0.3) is 0 Å². The Bertz CT molecular complexity index is 1110. The zero-order valence-electron chi connectivity index (χ0n) is 11.4. The number of fused-ring (bicyclic) bond motifs is 3. The summed E-state index contributed by atoms with van der Waals surface area (Å²) >= 11 is 0. The van der Waals surface area contributed by atoms with E-state index in [1.807, 2.05) is 18.3 Å². The molecule has 0 aliphatic rings. The molecule has 3 aromatic carbocycles. The van der Waals surface area contributed by atoms with Crippen molar-refractivity contribution in [1.82, 2.24) is 0 Å². The van der Waals surface area contributed by atoms with Crippen LogP contribution in [0.15, 0.2) is 53.1 Å². The third-order valence-electron chi connectivity index (χ3n) is 4.27. The first-order valence-corrected chi connectivity index (χ1v) is 6.81. The van der Waals surface area contributed by atoms with Gasteiger partial charge >= 0.3 is 0 Å². The maximum atomic E-state index is 6.01. The van der Waals surface area contributed by atoms with Gasteiger partial charge in [0, 0.05) is 11.5 Å². The van der Waals surface area contributed by atoms with E-state index in [4.69, 9.17) is 4.42 Å². The Morgan fingerprint density at radius 1 is 0.810 bits per heavy atom. The molecule has 0 saturated heterocycles. The maximum absolute atomic E-state index is 6.01. The lowest BCUT2D eigenvalue weighted by molar-refractivity contribution is -0.343. The van der Waals surface area contributed by atoms with E-state index in [1.165, 1.54) is 38.0 Å². The van der Waals surface area contributed by atoms with Gasteiger partial charge in [0.1, 0.15) is 16.6 Å². The summed E-state index contributed by atoms with van der Waals surface area (Å²) < 4.78 is 6.01. The predicted octanol–water partition coefficient (Wildman–Crippen LogP) is 1.46. The third kappa shape index (κ3) is 1.50. The molecule has 0 saturated carbocycles. The molecule has 5 aromatic rings. The fourth-order valence-corrected chi connectivity index (χ4v) is 3.45. The SMILES string of the molecule is Cc1cccc2c3cccc4oc5cc[nH+]c(c12)c5c43.[I-]. The van der Waals surface area contributed by atoms with Gasteiger partial charge in [-0.05, 0) is 29.3 Å². The van der Waals surface area contributed by atoms with Gasteiger partial charge in [-0.15, -0.1) is 0 Å². The third-order valence-corrected chi connectivity index (χ3v) is 4.27. The van der Waals surface area contributed by atoms with Crippen LogP contribution < -0.4 is 29.0 Å². The summed E-state index contributed by atoms with van der Waals surface area (Å²) in [5, 5.41) is 6.28. The first kappa shape index (κ1) is 12.8. The maximum Gasteiger partial charge on any atom is 0.223 e. The van der Waals surface area contributed by atoms with E-state index in [2.05, 4.69) is 42.2 Å². The van der Waals surface area contributed by atoms with Crippen LogP contribution in [0.1, 0.15) is 5.56 Å². The van der Waals surface area contributed by atoms with Crippen LogP contribution >= 0.6 is 0 Å². The summed E-state index contributed by atoms with van der Waals surface area (Å²) in [4.78, 5) is 3.42. The molecule has 0 fully saturated rings. The number of furan rings is 1. The van der Waals surface area contributed by atoms with Crippen molar-refractivity contribution in [2.45, 2.75) is 6.92 Å². The van der Waals surface area contributed by atoms with Gasteiger partial charge in [-0.2, -0.15) is 0 Å². The summed E-state index contributed by atoms with van der Waals surface area (Å²) in [7, 11) is 0. The zero-order valence-corrected chi connectivity index (χ0v) is 13.6. The number of H-pyrrole nitrogens is 1. The molecule has 0 aliphatic carbocycles. The monoisotopic (exact) mass is 385 g/mol. The molecule has 2 heterocycles. The first-order valence-electron chi connectivity index (χ1n) is 6.81. The van der Waals surface area contributed by atoms with Gasteiger partial charge in [-0.25, -0.2) is 4.98 Å². The van der Waals surface area contributed by atoms with E-state index >= 15 is 0 Å². The van der Waals surface area contributed by atoms with Crippen LogP contribution in [0.4, 0.5) is 0 Å². The number of hydrogen-bond acceptors (Lipinski definition) is 1. The molecule has 102 valence electrons. The average Bonchev–Trinajstić information content (AvgIpc) is 2.85. The number of benzene rings is 3. The zero-order chi connectivity index (χ0) is 13.3. The van der Waals surface area contributed by atoms with Crippen LogP contribution in [0.25, 0.3) is 43.6 Å². The number of aromatic amines is 1. The molecule has 1 N–H and O–H groups in total. The van der Waals surface area contributed by atoms with Crippen molar-refractivity contribution in [2.75, 3.05) is 0 Å². The van der Waals surface area contributed by atoms with E-state index in [0.717, 1.165) is 11.2 Å². The number of rotatable bonds is 0. The summed E-state index contributed by atoms with van der Waals surface area (Å²) in [6, 6.07) is 14.8. The second-order valence-electron chi connectivity index (χ2n) is 5.37. The number of aromatic nitrogens is 1. The van der Waals surface area contributed by atoms with Crippen LogP contribution in [0, 0.1) is 6.92 Å². The molecule has 3 heteroatoms. The molecule has 0 radical (unpaired) electrons. The lowest BCUT2D eigenvalue weighted by Gasteiger charge is -2.06. The summed E-state index contributed by atoms with van der Waals surface area (Å²) in [5.74, 6) is 0. The highest BCUT2D eigenvalue weighted by Gasteiger charge is 2.21. The summed E-state index contributed by atoms with van der Waals surface area (Å²) in [6.45, 7) is 2.16. The normalized spacial score (nSPS) is 11.7. The van der Waals surface area contributed by atoms with E-state index in [1.54, 1.807) is 0 Å². The molecule has 21 heavy (non-hydrogen) atoms. The topological polar surface area (TPSA) is 27.3 Å². The predicted molar refractivity (Wildman–Crippen MR) is 81.2 cm³/mol. The van der Waals surface area contributed by atoms with Gasteiger partial charge in [0.15, 0.2) is 6.20 Å². The van der Waals surface area contributed by atoms with Crippen LogP contribution in [0.2, 0.25) is 0 Å². The Kier molecular flexibility index (Phi) is 2.63. The second kappa shape index (κ2) is 4.31. The van der Waals surface area contributed by atoms with Crippen LogP contribution in [0.5, 0.6) is 0 Å². The van der Waals surface area contributed by atoms with Crippen LogP contribution in [-0.4, -0.2) is 0 Å². The lowest BCUT2D eigenvalue weighted by atomic mass is 9.95. The van der Waals surface area contributed by atoms with Crippen LogP contribution in [0.3, 0.4) is 0 Å². The molecular formula is C18H12INO. The molecule has 2 nitrogen and oxygen atoms in total. The summed E-state index contributed by atoms with van der Waals surface area (Å²) in [5.41, 5.74) is 4.38. The van der Waals surface area contributed by atoms with Gasteiger partial charge in [0.2, 0.25) is 5.52 Å². The van der Waals surface area contributed by atoms with Crippen molar-refractivity contribution in [3.8, 4) is 0 Å². The fraction of sp³-hybridized carbons (Fsp3) is 0.0556. The molecule has 2 aromatic heterocycles. The van der Waals surface area contributed by atoms with Crippen molar-refractivity contribution in [3.63, 3.8) is 0 Å². The van der Waals surface area contributed by atoms with Gasteiger partial charge in [-0.1, -0.05) is 30.3 Å². The quantitative estimate of drug-likeness (QED) is 0.293. The average molecular weight is 385 g/mol.